The molecule has 2 aromatic carbocycles. The first-order chi connectivity index (χ1) is 8.19. The van der Waals surface area contributed by atoms with Crippen LogP contribution in [0, 0.1) is 11.3 Å². The SMILES string of the molecule is N#Cc1ccc(Sc2ccc(N)cc2)c(O)c1. The van der Waals surface area contributed by atoms with Crippen LogP contribution in [-0.4, -0.2) is 5.11 Å². The highest BCUT2D eigenvalue weighted by Gasteiger charge is 2.04. The van der Waals surface area contributed by atoms with Gasteiger partial charge < -0.3 is 10.8 Å². The molecule has 84 valence electrons. The van der Waals surface area contributed by atoms with E-state index in [2.05, 4.69) is 0 Å². The maximum absolute atomic E-state index is 9.74. The Bertz CT molecular complexity index is 573. The van der Waals surface area contributed by atoms with Gasteiger partial charge in [-0.2, -0.15) is 5.26 Å². The van der Waals surface area contributed by atoms with E-state index < -0.39 is 0 Å². The quantitative estimate of drug-likeness (QED) is 0.794. The molecular formula is C13H10N2OS. The minimum atomic E-state index is 0.117. The normalized spacial score (nSPS) is 9.82. The van der Waals surface area contributed by atoms with E-state index in [0.717, 1.165) is 4.90 Å². The number of phenolic OH excluding ortho intramolecular Hbond substituents is 1. The molecule has 0 fully saturated rings. The summed E-state index contributed by atoms with van der Waals surface area (Å²) in [5.74, 6) is 0.117. The number of phenols is 1. The second kappa shape index (κ2) is 4.81. The van der Waals surface area contributed by atoms with Crippen molar-refractivity contribution in [1.82, 2.24) is 0 Å². The highest BCUT2D eigenvalue weighted by Crippen LogP contribution is 2.34. The third kappa shape index (κ3) is 2.71. The molecule has 0 aliphatic rings. The maximum Gasteiger partial charge on any atom is 0.130 e. The fourth-order valence-corrected chi connectivity index (χ4v) is 2.16. The number of rotatable bonds is 2. The summed E-state index contributed by atoms with van der Waals surface area (Å²) in [6, 6.07) is 14.2. The second-order valence-electron chi connectivity index (χ2n) is 3.47. The maximum atomic E-state index is 9.74. The van der Waals surface area contributed by atoms with E-state index >= 15 is 0 Å². The number of nitriles is 1. The van der Waals surface area contributed by atoms with E-state index in [9.17, 15) is 5.11 Å². The van der Waals surface area contributed by atoms with Gasteiger partial charge in [0.15, 0.2) is 0 Å². The molecule has 0 saturated carbocycles. The molecule has 0 heterocycles. The Morgan fingerprint density at radius 1 is 1.12 bits per heavy atom. The van der Waals surface area contributed by atoms with E-state index in [1.54, 1.807) is 12.1 Å². The van der Waals surface area contributed by atoms with Crippen LogP contribution in [0.25, 0.3) is 0 Å². The Hall–Kier alpha value is -2.12. The molecule has 0 bridgehead atoms. The Labute approximate surface area is 104 Å². The highest BCUT2D eigenvalue weighted by atomic mass is 32.2. The number of anilines is 1. The minimum absolute atomic E-state index is 0.117. The van der Waals surface area contributed by atoms with Crippen molar-refractivity contribution in [3.8, 4) is 11.8 Å². The molecule has 0 spiro atoms. The highest BCUT2D eigenvalue weighted by molar-refractivity contribution is 7.99. The number of benzene rings is 2. The molecule has 3 nitrogen and oxygen atoms in total. The van der Waals surface area contributed by atoms with Crippen molar-refractivity contribution in [2.75, 3.05) is 5.73 Å². The number of hydrogen-bond donors (Lipinski definition) is 2. The standard InChI is InChI=1S/C13H10N2OS/c14-8-9-1-6-13(12(16)7-9)17-11-4-2-10(15)3-5-11/h1-7,16H,15H2. The van der Waals surface area contributed by atoms with Crippen molar-refractivity contribution in [3.63, 3.8) is 0 Å². The second-order valence-corrected chi connectivity index (χ2v) is 4.58. The molecule has 0 unspecified atom stereocenters. The first-order valence-electron chi connectivity index (χ1n) is 4.95. The lowest BCUT2D eigenvalue weighted by molar-refractivity contribution is 0.462. The topological polar surface area (TPSA) is 70.0 Å². The summed E-state index contributed by atoms with van der Waals surface area (Å²) in [6.45, 7) is 0. The van der Waals surface area contributed by atoms with Gasteiger partial charge in [-0.1, -0.05) is 11.8 Å². The molecule has 0 aromatic heterocycles. The fraction of sp³-hybridized carbons (Fsp3) is 0. The first-order valence-corrected chi connectivity index (χ1v) is 5.77. The van der Waals surface area contributed by atoms with Crippen molar-refractivity contribution < 1.29 is 5.11 Å². The van der Waals surface area contributed by atoms with Gasteiger partial charge >= 0.3 is 0 Å². The molecular weight excluding hydrogens is 232 g/mol. The monoisotopic (exact) mass is 242 g/mol. The third-order valence-corrected chi connectivity index (χ3v) is 3.27. The van der Waals surface area contributed by atoms with Crippen LogP contribution in [0.5, 0.6) is 5.75 Å². The van der Waals surface area contributed by atoms with Gasteiger partial charge in [-0.05, 0) is 42.5 Å². The summed E-state index contributed by atoms with van der Waals surface area (Å²) in [7, 11) is 0. The first kappa shape index (κ1) is 11.4. The Morgan fingerprint density at radius 2 is 1.82 bits per heavy atom. The summed E-state index contributed by atoms with van der Waals surface area (Å²) in [5, 5.41) is 18.4. The zero-order valence-corrected chi connectivity index (χ0v) is 9.74. The largest absolute Gasteiger partial charge is 0.507 e. The molecule has 0 aliphatic heterocycles. The summed E-state index contributed by atoms with van der Waals surface area (Å²) < 4.78 is 0. The van der Waals surface area contributed by atoms with E-state index in [0.29, 0.717) is 16.1 Å². The summed E-state index contributed by atoms with van der Waals surface area (Å²) in [5.41, 5.74) is 6.75. The van der Waals surface area contributed by atoms with Gasteiger partial charge in [-0.15, -0.1) is 0 Å². The lowest BCUT2D eigenvalue weighted by Gasteiger charge is -2.04. The van der Waals surface area contributed by atoms with Crippen molar-refractivity contribution in [3.05, 3.63) is 48.0 Å². The smallest absolute Gasteiger partial charge is 0.130 e. The molecule has 0 aliphatic carbocycles. The van der Waals surface area contributed by atoms with Crippen LogP contribution in [0.3, 0.4) is 0 Å². The van der Waals surface area contributed by atoms with E-state index in [4.69, 9.17) is 11.0 Å². The Balaban J connectivity index is 2.25. The van der Waals surface area contributed by atoms with E-state index in [-0.39, 0.29) is 5.75 Å². The van der Waals surface area contributed by atoms with Crippen molar-refractivity contribution in [2.24, 2.45) is 0 Å². The van der Waals surface area contributed by atoms with Gasteiger partial charge in [-0.3, -0.25) is 0 Å². The van der Waals surface area contributed by atoms with E-state index in [1.165, 1.54) is 17.8 Å². The molecule has 2 aromatic rings. The molecule has 3 N–H and O–H groups in total. The van der Waals surface area contributed by atoms with Crippen molar-refractivity contribution in [1.29, 1.82) is 5.26 Å². The zero-order valence-electron chi connectivity index (χ0n) is 8.92. The number of hydrogen-bond acceptors (Lipinski definition) is 4. The predicted octanol–water partition coefficient (Wildman–Crippen LogP) is 3.00. The summed E-state index contributed by atoms with van der Waals surface area (Å²) >= 11 is 1.43. The van der Waals surface area contributed by atoms with Crippen LogP contribution in [0.4, 0.5) is 5.69 Å². The van der Waals surface area contributed by atoms with Gasteiger partial charge in [0.2, 0.25) is 0 Å². The van der Waals surface area contributed by atoms with Crippen molar-refractivity contribution >= 4 is 17.4 Å². The molecule has 0 saturated heterocycles. The third-order valence-electron chi connectivity index (χ3n) is 2.20. The van der Waals surface area contributed by atoms with Crippen LogP contribution in [-0.2, 0) is 0 Å². The average Bonchev–Trinajstić information content (AvgIpc) is 2.34. The summed E-state index contributed by atoms with van der Waals surface area (Å²) in [6.07, 6.45) is 0. The fourth-order valence-electron chi connectivity index (χ4n) is 1.34. The van der Waals surface area contributed by atoms with Gasteiger partial charge in [0.1, 0.15) is 5.75 Å². The number of nitrogen functional groups attached to an aromatic ring is 1. The zero-order chi connectivity index (χ0) is 12.3. The van der Waals surface area contributed by atoms with Crippen LogP contribution >= 0.6 is 11.8 Å². The Morgan fingerprint density at radius 3 is 2.41 bits per heavy atom. The van der Waals surface area contributed by atoms with Gasteiger partial charge in [0.25, 0.3) is 0 Å². The summed E-state index contributed by atoms with van der Waals surface area (Å²) in [4.78, 5) is 1.70. The lowest BCUT2D eigenvalue weighted by Crippen LogP contribution is -1.83. The van der Waals surface area contributed by atoms with Crippen LogP contribution < -0.4 is 5.73 Å². The Kier molecular flexibility index (Phi) is 3.22. The van der Waals surface area contributed by atoms with Crippen molar-refractivity contribution in [2.45, 2.75) is 9.79 Å². The average molecular weight is 242 g/mol. The molecule has 4 heteroatoms. The number of nitrogens with two attached hydrogens (primary N) is 1. The molecule has 0 amide bonds. The number of aromatic hydroxyl groups is 1. The van der Waals surface area contributed by atoms with Gasteiger partial charge in [-0.25, -0.2) is 0 Å². The molecule has 0 atom stereocenters. The van der Waals surface area contributed by atoms with E-state index in [1.807, 2.05) is 30.3 Å². The molecule has 2 rings (SSSR count). The van der Waals surface area contributed by atoms with Crippen LogP contribution in [0.1, 0.15) is 5.56 Å². The van der Waals surface area contributed by atoms with Gasteiger partial charge in [0, 0.05) is 10.6 Å². The van der Waals surface area contributed by atoms with Crippen LogP contribution in [0.15, 0.2) is 52.3 Å². The molecule has 0 radical (unpaired) electrons. The molecule has 17 heavy (non-hydrogen) atoms. The van der Waals surface area contributed by atoms with Crippen LogP contribution in [0.2, 0.25) is 0 Å². The van der Waals surface area contributed by atoms with Gasteiger partial charge in [0.05, 0.1) is 16.5 Å². The predicted molar refractivity (Wildman–Crippen MR) is 67.8 cm³/mol. The lowest BCUT2D eigenvalue weighted by atomic mass is 10.2. The number of nitrogens with zero attached hydrogens (tertiary/aromatic N) is 1. The minimum Gasteiger partial charge on any atom is -0.507 e.